The van der Waals surface area contributed by atoms with Gasteiger partial charge in [-0.15, -0.1) is 0 Å². The van der Waals surface area contributed by atoms with Gasteiger partial charge in [-0.1, -0.05) is 152 Å². The molecule has 1 spiro atoms. The summed E-state index contributed by atoms with van der Waals surface area (Å²) in [5, 5.41) is 9.61. The monoisotopic (exact) mass is 800 g/mol. The summed E-state index contributed by atoms with van der Waals surface area (Å²) in [6, 6.07) is 77.8. The molecule has 3 nitrogen and oxygen atoms in total. The first kappa shape index (κ1) is 34.4. The van der Waals surface area contributed by atoms with Gasteiger partial charge in [0.25, 0.3) is 0 Å². The van der Waals surface area contributed by atoms with Crippen molar-refractivity contribution in [3.8, 4) is 33.4 Å². The molecule has 0 saturated heterocycles. The molecule has 0 atom stereocenters. The van der Waals surface area contributed by atoms with Crippen molar-refractivity contribution in [3.05, 3.63) is 241 Å². The Kier molecular flexibility index (Phi) is 7.04. The highest BCUT2D eigenvalue weighted by atomic mass is 16.3. The van der Waals surface area contributed by atoms with E-state index in [4.69, 9.17) is 9.40 Å². The van der Waals surface area contributed by atoms with Gasteiger partial charge in [0.2, 0.25) is 0 Å². The topological polar surface area (TPSA) is 29.3 Å². The van der Waals surface area contributed by atoms with Crippen LogP contribution in [0.4, 0.5) is 17.2 Å². The SMILES string of the molecule is c1ccc(N(c2ccc3oc4cccc(-c5ccc6c(ccc7ccccc76)c5)c4c3c2)c2cccc3c2-c2cc4ccccc4cc2C32c3ccccc3-c3ccccc32)nc1. The van der Waals surface area contributed by atoms with Crippen molar-refractivity contribution < 1.29 is 4.42 Å². The minimum absolute atomic E-state index is 0.501. The van der Waals surface area contributed by atoms with Crippen molar-refractivity contribution in [3.63, 3.8) is 0 Å². The van der Waals surface area contributed by atoms with Crippen molar-refractivity contribution in [2.75, 3.05) is 4.90 Å². The Morgan fingerprint density at radius 2 is 1.08 bits per heavy atom. The van der Waals surface area contributed by atoms with E-state index in [1.807, 2.05) is 12.3 Å². The van der Waals surface area contributed by atoms with Crippen LogP contribution in [0.5, 0.6) is 0 Å². The van der Waals surface area contributed by atoms with Crippen LogP contribution in [0.25, 0.3) is 87.6 Å². The number of benzene rings is 10. The molecule has 10 aromatic carbocycles. The fourth-order valence-electron chi connectivity index (χ4n) is 11.3. The summed E-state index contributed by atoms with van der Waals surface area (Å²) in [7, 11) is 0. The second-order valence-corrected chi connectivity index (χ2v) is 17.0. The normalized spacial score (nSPS) is 13.2. The minimum Gasteiger partial charge on any atom is -0.456 e. The molecule has 3 heteroatoms. The van der Waals surface area contributed by atoms with Crippen LogP contribution >= 0.6 is 0 Å². The van der Waals surface area contributed by atoms with Crippen molar-refractivity contribution in [2.24, 2.45) is 0 Å². The van der Waals surface area contributed by atoms with Gasteiger partial charge in [-0.25, -0.2) is 4.98 Å². The zero-order chi connectivity index (χ0) is 41.2. The Morgan fingerprint density at radius 3 is 1.90 bits per heavy atom. The van der Waals surface area contributed by atoms with Crippen LogP contribution in [0.15, 0.2) is 223 Å². The summed E-state index contributed by atoms with van der Waals surface area (Å²) in [6.45, 7) is 0. The number of hydrogen-bond acceptors (Lipinski definition) is 3. The highest BCUT2D eigenvalue weighted by molar-refractivity contribution is 6.15. The first-order chi connectivity index (χ1) is 31.2. The number of aromatic nitrogens is 1. The average Bonchev–Trinajstić information content (AvgIpc) is 3.97. The number of rotatable bonds is 4. The van der Waals surface area contributed by atoms with Gasteiger partial charge in [-0.3, -0.25) is 4.90 Å². The lowest BCUT2D eigenvalue weighted by Gasteiger charge is -2.31. The van der Waals surface area contributed by atoms with Crippen LogP contribution in [-0.4, -0.2) is 4.98 Å². The molecule has 63 heavy (non-hydrogen) atoms. The number of anilines is 3. The molecule has 0 saturated carbocycles. The smallest absolute Gasteiger partial charge is 0.137 e. The molecule has 14 rings (SSSR count). The molecule has 0 amide bonds. The first-order valence-electron chi connectivity index (χ1n) is 21.7. The summed E-state index contributed by atoms with van der Waals surface area (Å²) in [4.78, 5) is 7.43. The second-order valence-electron chi connectivity index (χ2n) is 17.0. The summed E-state index contributed by atoms with van der Waals surface area (Å²) in [5.41, 5.74) is 15.9. The third kappa shape index (κ3) is 4.71. The lowest BCUT2D eigenvalue weighted by Crippen LogP contribution is -2.26. The van der Waals surface area contributed by atoms with Crippen LogP contribution in [0.3, 0.4) is 0 Å². The van der Waals surface area contributed by atoms with Crippen molar-refractivity contribution >= 4 is 71.4 Å². The van der Waals surface area contributed by atoms with E-state index in [1.54, 1.807) is 0 Å². The van der Waals surface area contributed by atoms with Crippen LogP contribution < -0.4 is 4.90 Å². The van der Waals surface area contributed by atoms with Crippen molar-refractivity contribution in [2.45, 2.75) is 5.41 Å². The van der Waals surface area contributed by atoms with E-state index in [2.05, 4.69) is 211 Å². The Bertz CT molecular complexity index is 3830. The fourth-order valence-corrected chi connectivity index (χ4v) is 11.3. The maximum atomic E-state index is 6.66. The van der Waals surface area contributed by atoms with E-state index in [0.29, 0.717) is 0 Å². The molecular weight excluding hydrogens is 765 g/mol. The van der Waals surface area contributed by atoms with Crippen LogP contribution in [-0.2, 0) is 5.41 Å². The van der Waals surface area contributed by atoms with Gasteiger partial charge < -0.3 is 4.42 Å². The molecule has 0 bridgehead atoms. The molecule has 2 aromatic heterocycles. The van der Waals surface area contributed by atoms with E-state index in [-0.39, 0.29) is 0 Å². The molecule has 0 aliphatic heterocycles. The van der Waals surface area contributed by atoms with Gasteiger partial charge in [0, 0.05) is 28.2 Å². The lowest BCUT2D eigenvalue weighted by molar-refractivity contribution is 0.669. The van der Waals surface area contributed by atoms with Crippen LogP contribution in [0.1, 0.15) is 22.3 Å². The molecular formula is C60H36N2O. The van der Waals surface area contributed by atoms with Gasteiger partial charge >= 0.3 is 0 Å². The van der Waals surface area contributed by atoms with E-state index >= 15 is 0 Å². The van der Waals surface area contributed by atoms with Gasteiger partial charge in [0.05, 0.1) is 11.1 Å². The molecule has 12 aromatic rings. The minimum atomic E-state index is -0.501. The first-order valence-corrected chi connectivity index (χ1v) is 21.7. The predicted molar refractivity (Wildman–Crippen MR) is 260 cm³/mol. The molecule has 0 N–H and O–H groups in total. The fraction of sp³-hybridized carbons (Fsp3) is 0.0167. The van der Waals surface area contributed by atoms with Crippen LogP contribution in [0, 0.1) is 0 Å². The van der Waals surface area contributed by atoms with Crippen molar-refractivity contribution in [1.82, 2.24) is 4.98 Å². The summed E-state index contributed by atoms with van der Waals surface area (Å²) in [5.74, 6) is 0.843. The van der Waals surface area contributed by atoms with E-state index in [0.717, 1.165) is 50.3 Å². The lowest BCUT2D eigenvalue weighted by atomic mass is 9.70. The van der Waals surface area contributed by atoms with Gasteiger partial charge in [-0.05, 0) is 143 Å². The molecule has 0 radical (unpaired) electrons. The van der Waals surface area contributed by atoms with Crippen LogP contribution in [0.2, 0.25) is 0 Å². The number of hydrogen-bond donors (Lipinski definition) is 0. The van der Waals surface area contributed by atoms with E-state index in [9.17, 15) is 0 Å². The Hall–Kier alpha value is -8.27. The summed E-state index contributed by atoms with van der Waals surface area (Å²) in [6.07, 6.45) is 1.89. The zero-order valence-corrected chi connectivity index (χ0v) is 34.1. The number of fused-ring (bicyclic) bond motifs is 17. The highest BCUT2D eigenvalue weighted by Gasteiger charge is 2.52. The van der Waals surface area contributed by atoms with Gasteiger partial charge in [-0.2, -0.15) is 0 Å². The number of nitrogens with zero attached hydrogens (tertiary/aromatic N) is 2. The Labute approximate surface area is 363 Å². The molecule has 0 fully saturated rings. The zero-order valence-electron chi connectivity index (χ0n) is 34.1. The standard InChI is InChI=1S/C60H36N2O/c1-2-15-39-35-53-48(34-38(39)14-1)59-52(60(53)50-20-7-5-17-46(50)47-18-6-8-21-51(47)60)22-12-23-54(59)62(57-25-9-10-32-61-57)42-29-31-55-49(36-42)58-45(19-11-24-56(58)63-55)41-28-30-44-40(33-41)27-26-37-13-3-4-16-43(37)44/h1-36H. The Balaban J connectivity index is 1.03. The maximum absolute atomic E-state index is 6.66. The van der Waals surface area contributed by atoms with Gasteiger partial charge in [0.15, 0.2) is 0 Å². The Morgan fingerprint density at radius 1 is 0.397 bits per heavy atom. The summed E-state index contributed by atoms with van der Waals surface area (Å²) < 4.78 is 6.66. The molecule has 292 valence electrons. The second kappa shape index (κ2) is 12.9. The number of pyridine rings is 1. The quantitative estimate of drug-likeness (QED) is 0.166. The third-order valence-corrected chi connectivity index (χ3v) is 13.9. The largest absolute Gasteiger partial charge is 0.456 e. The average molecular weight is 801 g/mol. The van der Waals surface area contributed by atoms with Crippen molar-refractivity contribution in [1.29, 1.82) is 0 Å². The summed E-state index contributed by atoms with van der Waals surface area (Å²) >= 11 is 0. The highest BCUT2D eigenvalue weighted by Crippen LogP contribution is 2.65. The van der Waals surface area contributed by atoms with Gasteiger partial charge in [0.1, 0.15) is 17.0 Å². The third-order valence-electron chi connectivity index (χ3n) is 13.9. The maximum Gasteiger partial charge on any atom is 0.137 e. The molecule has 2 aliphatic rings. The van der Waals surface area contributed by atoms with E-state index < -0.39 is 5.41 Å². The molecule has 0 unspecified atom stereocenters. The molecule has 2 heterocycles. The predicted octanol–water partition coefficient (Wildman–Crippen LogP) is 15.9. The van der Waals surface area contributed by atoms with E-state index in [1.165, 1.54) is 76.8 Å². The molecule has 2 aliphatic carbocycles. The number of furan rings is 1.